The molecular formula is C38H36. The number of rotatable bonds is 1. The van der Waals surface area contributed by atoms with E-state index in [0.29, 0.717) is 0 Å². The average Bonchev–Trinajstić information content (AvgIpc) is 3.33. The standard InChI is InChI=1S/C38H36/c1-22-11-13-29-30-14-12-25(21-35(30)37(2,3)34(29)15-22)28-8-6-10-33-36(28)31-7-4-5-9-32(31)38(33)26-17-23-16-24(19-26)20-27(38)18-23/h4-15,21,23-24,26-27H,16-20H2,1-3H3. The van der Waals surface area contributed by atoms with Crippen LogP contribution in [-0.2, 0) is 10.8 Å². The molecule has 0 aliphatic heterocycles. The van der Waals surface area contributed by atoms with Crippen molar-refractivity contribution < 1.29 is 0 Å². The van der Waals surface area contributed by atoms with E-state index < -0.39 is 0 Å². The molecule has 0 heterocycles. The van der Waals surface area contributed by atoms with Crippen LogP contribution in [0.4, 0.5) is 0 Å². The monoisotopic (exact) mass is 492 g/mol. The summed E-state index contributed by atoms with van der Waals surface area (Å²) in [6.07, 6.45) is 7.27. The Bertz CT molecular complexity index is 1640. The summed E-state index contributed by atoms with van der Waals surface area (Å²) in [5.74, 6) is 3.58. The first-order valence-electron chi connectivity index (χ1n) is 15.0. The van der Waals surface area contributed by atoms with Crippen LogP contribution in [-0.4, -0.2) is 0 Å². The molecule has 0 unspecified atom stereocenters. The Labute approximate surface area is 227 Å². The smallest absolute Gasteiger partial charge is 0.0272 e. The van der Waals surface area contributed by atoms with Gasteiger partial charge in [-0.2, -0.15) is 0 Å². The maximum absolute atomic E-state index is 2.53. The van der Waals surface area contributed by atoms with Crippen LogP contribution < -0.4 is 0 Å². The van der Waals surface area contributed by atoms with Crippen LogP contribution in [0, 0.1) is 30.6 Å². The molecule has 0 aromatic heterocycles. The second-order valence-electron chi connectivity index (χ2n) is 13.9. The fourth-order valence-electron chi connectivity index (χ4n) is 10.5. The van der Waals surface area contributed by atoms with Crippen molar-refractivity contribution in [3.05, 3.63) is 107 Å². The lowest BCUT2D eigenvalue weighted by Gasteiger charge is -2.61. The lowest BCUT2D eigenvalue weighted by atomic mass is 9.43. The molecule has 0 saturated heterocycles. The summed E-state index contributed by atoms with van der Waals surface area (Å²) < 4.78 is 0. The lowest BCUT2D eigenvalue weighted by molar-refractivity contribution is -0.0399. The number of aryl methyl sites for hydroxylation is 1. The van der Waals surface area contributed by atoms with Gasteiger partial charge in [-0.1, -0.05) is 92.2 Å². The van der Waals surface area contributed by atoms with E-state index in [0.717, 1.165) is 23.7 Å². The molecule has 4 bridgehead atoms. The van der Waals surface area contributed by atoms with Gasteiger partial charge in [0.1, 0.15) is 0 Å². The van der Waals surface area contributed by atoms with Gasteiger partial charge in [-0.05, 0) is 124 Å². The van der Waals surface area contributed by atoms with E-state index in [1.807, 2.05) is 0 Å². The quantitative estimate of drug-likeness (QED) is 0.248. The second-order valence-corrected chi connectivity index (χ2v) is 13.9. The van der Waals surface area contributed by atoms with Crippen LogP contribution in [0.2, 0.25) is 0 Å². The number of hydrogen-bond donors (Lipinski definition) is 0. The fourth-order valence-corrected chi connectivity index (χ4v) is 10.5. The third-order valence-corrected chi connectivity index (χ3v) is 11.7. The third kappa shape index (κ3) is 2.49. The zero-order chi connectivity index (χ0) is 25.4. The highest BCUT2D eigenvalue weighted by Crippen LogP contribution is 2.70. The molecule has 0 amide bonds. The summed E-state index contributed by atoms with van der Waals surface area (Å²) in [6, 6.07) is 31.2. The van der Waals surface area contributed by atoms with Gasteiger partial charge in [0.05, 0.1) is 0 Å². The van der Waals surface area contributed by atoms with E-state index in [1.54, 1.807) is 16.7 Å². The van der Waals surface area contributed by atoms with Gasteiger partial charge in [0.2, 0.25) is 0 Å². The van der Waals surface area contributed by atoms with E-state index in [1.165, 1.54) is 76.6 Å². The van der Waals surface area contributed by atoms with Gasteiger partial charge in [-0.3, -0.25) is 0 Å². The summed E-state index contributed by atoms with van der Waals surface area (Å²) in [7, 11) is 0. The van der Waals surface area contributed by atoms with E-state index in [2.05, 4.69) is 99.6 Å². The Morgan fingerprint density at radius 2 is 1.18 bits per heavy atom. The highest BCUT2D eigenvalue weighted by Gasteiger charge is 2.61. The maximum Gasteiger partial charge on any atom is 0.0272 e. The third-order valence-electron chi connectivity index (χ3n) is 11.7. The van der Waals surface area contributed by atoms with Crippen molar-refractivity contribution in [2.45, 2.75) is 63.7 Å². The van der Waals surface area contributed by atoms with Gasteiger partial charge >= 0.3 is 0 Å². The van der Waals surface area contributed by atoms with Crippen LogP contribution in [0.5, 0.6) is 0 Å². The fraction of sp³-hybridized carbons (Fsp3) is 0.368. The Morgan fingerprint density at radius 1 is 0.553 bits per heavy atom. The van der Waals surface area contributed by atoms with Gasteiger partial charge < -0.3 is 0 Å². The largest absolute Gasteiger partial charge is 0.0619 e. The topological polar surface area (TPSA) is 0 Å². The molecule has 1 spiro atoms. The Balaban J connectivity index is 1.27. The summed E-state index contributed by atoms with van der Waals surface area (Å²) in [4.78, 5) is 0. The highest BCUT2D eigenvalue weighted by molar-refractivity contribution is 5.94. The van der Waals surface area contributed by atoms with E-state index in [-0.39, 0.29) is 10.8 Å². The van der Waals surface area contributed by atoms with Crippen molar-refractivity contribution >= 4 is 0 Å². The average molecular weight is 493 g/mol. The Kier molecular flexibility index (Phi) is 4.06. The molecule has 4 aromatic rings. The molecule has 10 rings (SSSR count). The molecule has 4 saturated carbocycles. The molecule has 0 atom stereocenters. The molecule has 188 valence electrons. The number of hydrogen-bond acceptors (Lipinski definition) is 0. The van der Waals surface area contributed by atoms with Gasteiger partial charge in [0, 0.05) is 10.8 Å². The molecule has 0 N–H and O–H groups in total. The zero-order valence-electron chi connectivity index (χ0n) is 22.9. The van der Waals surface area contributed by atoms with E-state index in [9.17, 15) is 0 Å². The van der Waals surface area contributed by atoms with Gasteiger partial charge in [0.25, 0.3) is 0 Å². The normalized spacial score (nSPS) is 30.3. The van der Waals surface area contributed by atoms with Crippen molar-refractivity contribution in [2.24, 2.45) is 23.7 Å². The van der Waals surface area contributed by atoms with E-state index >= 15 is 0 Å². The van der Waals surface area contributed by atoms with Crippen molar-refractivity contribution in [1.82, 2.24) is 0 Å². The van der Waals surface area contributed by atoms with Gasteiger partial charge in [0.15, 0.2) is 0 Å². The molecule has 4 fully saturated rings. The first-order valence-corrected chi connectivity index (χ1v) is 15.0. The lowest BCUT2D eigenvalue weighted by Crippen LogP contribution is -2.55. The summed E-state index contributed by atoms with van der Waals surface area (Å²) >= 11 is 0. The maximum atomic E-state index is 2.53. The van der Waals surface area contributed by atoms with Crippen molar-refractivity contribution in [1.29, 1.82) is 0 Å². The SMILES string of the molecule is Cc1ccc2c(c1)C(C)(C)c1cc(-c3cccc4c3-c3ccccc3C43C4CC5CC(C4)CC3C5)ccc1-2. The minimum absolute atomic E-state index is 0.0190. The summed E-state index contributed by atoms with van der Waals surface area (Å²) in [5.41, 5.74) is 16.6. The molecule has 0 radical (unpaired) electrons. The van der Waals surface area contributed by atoms with Gasteiger partial charge in [-0.25, -0.2) is 0 Å². The molecular weight excluding hydrogens is 456 g/mol. The van der Waals surface area contributed by atoms with Crippen LogP contribution >= 0.6 is 0 Å². The Hall–Kier alpha value is -3.12. The highest BCUT2D eigenvalue weighted by atomic mass is 14.6. The molecule has 6 aliphatic rings. The number of fused-ring (bicyclic) bond motifs is 6. The molecule has 0 nitrogen and oxygen atoms in total. The first-order chi connectivity index (χ1) is 18.5. The summed E-state index contributed by atoms with van der Waals surface area (Å²) in [6.45, 7) is 7.04. The van der Waals surface area contributed by atoms with Crippen LogP contribution in [0.25, 0.3) is 33.4 Å². The molecule has 4 aromatic carbocycles. The minimum Gasteiger partial charge on any atom is -0.0619 e. The van der Waals surface area contributed by atoms with Crippen LogP contribution in [0.3, 0.4) is 0 Å². The molecule has 0 heteroatoms. The second kappa shape index (κ2) is 7.09. The van der Waals surface area contributed by atoms with Crippen LogP contribution in [0.15, 0.2) is 78.9 Å². The van der Waals surface area contributed by atoms with Gasteiger partial charge in [-0.15, -0.1) is 0 Å². The van der Waals surface area contributed by atoms with Crippen molar-refractivity contribution in [2.75, 3.05) is 0 Å². The zero-order valence-corrected chi connectivity index (χ0v) is 22.9. The summed E-state index contributed by atoms with van der Waals surface area (Å²) in [5, 5.41) is 0. The number of benzene rings is 4. The molecule has 6 aliphatic carbocycles. The molecule has 38 heavy (non-hydrogen) atoms. The predicted molar refractivity (Wildman–Crippen MR) is 157 cm³/mol. The Morgan fingerprint density at radius 3 is 1.95 bits per heavy atom. The van der Waals surface area contributed by atoms with Crippen molar-refractivity contribution in [3.8, 4) is 33.4 Å². The minimum atomic E-state index is 0.0190. The van der Waals surface area contributed by atoms with Crippen LogP contribution in [0.1, 0.15) is 73.8 Å². The predicted octanol–water partition coefficient (Wildman–Crippen LogP) is 9.69. The first kappa shape index (κ1) is 21.8. The van der Waals surface area contributed by atoms with E-state index in [4.69, 9.17) is 0 Å². The van der Waals surface area contributed by atoms with Crippen molar-refractivity contribution in [3.63, 3.8) is 0 Å².